The maximum atomic E-state index is 13.1. The zero-order valence-corrected chi connectivity index (χ0v) is 18.8. The first kappa shape index (κ1) is 22.5. The third kappa shape index (κ3) is 4.58. The Morgan fingerprint density at radius 1 is 1.16 bits per heavy atom. The van der Waals surface area contributed by atoms with Gasteiger partial charge in [0, 0.05) is 24.0 Å². The molecule has 1 aromatic rings. The average molecular weight is 450 g/mol. The Morgan fingerprint density at radius 3 is 2.39 bits per heavy atom. The maximum absolute atomic E-state index is 13.1. The first-order valence-electron chi connectivity index (χ1n) is 11.3. The fourth-order valence-corrected chi connectivity index (χ4v) is 7.53. The summed E-state index contributed by atoms with van der Waals surface area (Å²) < 4.78 is 44.3. The molecule has 7 heteroatoms. The van der Waals surface area contributed by atoms with E-state index in [2.05, 4.69) is 0 Å². The molecule has 0 aromatic heterocycles. The van der Waals surface area contributed by atoms with E-state index in [1.807, 2.05) is 0 Å². The Bertz CT molecular complexity index is 942. The molecule has 4 rings (SSSR count). The second-order valence-corrected chi connectivity index (χ2v) is 11.9. The van der Waals surface area contributed by atoms with Crippen molar-refractivity contribution in [3.05, 3.63) is 36.2 Å². The van der Waals surface area contributed by atoms with E-state index in [1.165, 1.54) is 19.3 Å². The van der Waals surface area contributed by atoms with Gasteiger partial charge in [-0.1, -0.05) is 19.3 Å². The fourth-order valence-electron chi connectivity index (χ4n) is 5.62. The lowest BCUT2D eigenvalue weighted by molar-refractivity contribution is -0.129. The highest BCUT2D eigenvalue weighted by molar-refractivity contribution is 7.91. The molecule has 0 heterocycles. The van der Waals surface area contributed by atoms with Crippen LogP contribution < -0.4 is 10.5 Å². The first-order chi connectivity index (χ1) is 14.8. The predicted molar refractivity (Wildman–Crippen MR) is 117 cm³/mol. The molecule has 0 atom stereocenters. The van der Waals surface area contributed by atoms with Crippen molar-refractivity contribution in [2.45, 2.75) is 62.7 Å². The zero-order chi connectivity index (χ0) is 22.1. The number of ether oxygens (including phenoxy) is 1. The van der Waals surface area contributed by atoms with Gasteiger partial charge in [0.15, 0.2) is 9.84 Å². The third-order valence-electron chi connectivity index (χ3n) is 7.79. The van der Waals surface area contributed by atoms with Crippen molar-refractivity contribution >= 4 is 15.6 Å². The molecule has 1 aromatic carbocycles. The van der Waals surface area contributed by atoms with Crippen LogP contribution in [0.4, 0.5) is 4.39 Å². The molecule has 0 spiro atoms. The van der Waals surface area contributed by atoms with Crippen LogP contribution in [0.2, 0.25) is 0 Å². The van der Waals surface area contributed by atoms with Gasteiger partial charge in [-0.2, -0.15) is 0 Å². The molecule has 0 aliphatic heterocycles. The third-order valence-corrected chi connectivity index (χ3v) is 9.77. The van der Waals surface area contributed by atoms with Crippen molar-refractivity contribution in [1.82, 2.24) is 0 Å². The number of rotatable bonds is 10. The standard InChI is InChI=1S/C24H32FNO4S/c25-13-19(14-26)15-30-20-4-6-21(7-5-20)31(28,29)17-23-8-10-24(16-23,11-9-23)22(27)12-18-2-1-3-18/h4-7,13,18H,1-3,8-12,14-17,26H2/b19-13+. The van der Waals surface area contributed by atoms with Gasteiger partial charge in [0.2, 0.25) is 0 Å². The van der Waals surface area contributed by atoms with E-state index in [4.69, 9.17) is 10.5 Å². The number of sulfone groups is 1. The van der Waals surface area contributed by atoms with Gasteiger partial charge in [0.1, 0.15) is 18.1 Å². The van der Waals surface area contributed by atoms with E-state index >= 15 is 0 Å². The van der Waals surface area contributed by atoms with Crippen molar-refractivity contribution in [2.75, 3.05) is 18.9 Å². The van der Waals surface area contributed by atoms with Crippen molar-refractivity contribution in [1.29, 1.82) is 0 Å². The monoisotopic (exact) mass is 449 g/mol. The second-order valence-electron chi connectivity index (χ2n) is 9.87. The number of fused-ring (bicyclic) bond motifs is 2. The summed E-state index contributed by atoms with van der Waals surface area (Å²) >= 11 is 0. The van der Waals surface area contributed by atoms with Crippen LogP contribution in [0.5, 0.6) is 5.75 Å². The highest BCUT2D eigenvalue weighted by Crippen LogP contribution is 2.63. The highest BCUT2D eigenvalue weighted by Gasteiger charge is 2.58. The van der Waals surface area contributed by atoms with E-state index in [1.54, 1.807) is 24.3 Å². The summed E-state index contributed by atoms with van der Waals surface area (Å²) in [5, 5.41) is 0. The summed E-state index contributed by atoms with van der Waals surface area (Å²) in [6.45, 7) is 0.0921. The van der Waals surface area contributed by atoms with Crippen molar-refractivity contribution < 1.29 is 22.3 Å². The van der Waals surface area contributed by atoms with Crippen molar-refractivity contribution in [2.24, 2.45) is 22.5 Å². The van der Waals surface area contributed by atoms with Gasteiger partial charge >= 0.3 is 0 Å². The van der Waals surface area contributed by atoms with E-state index < -0.39 is 9.84 Å². The smallest absolute Gasteiger partial charge is 0.178 e. The highest BCUT2D eigenvalue weighted by atomic mass is 32.2. The number of hydrogen-bond acceptors (Lipinski definition) is 5. The molecule has 3 aliphatic carbocycles. The summed E-state index contributed by atoms with van der Waals surface area (Å²) in [7, 11) is -3.47. The molecule has 31 heavy (non-hydrogen) atoms. The molecule has 5 nitrogen and oxygen atoms in total. The van der Waals surface area contributed by atoms with Gasteiger partial charge in [-0.15, -0.1) is 0 Å². The van der Waals surface area contributed by atoms with Gasteiger partial charge in [-0.25, -0.2) is 12.8 Å². The maximum Gasteiger partial charge on any atom is 0.178 e. The van der Waals surface area contributed by atoms with Crippen LogP contribution in [0.25, 0.3) is 0 Å². The quantitative estimate of drug-likeness (QED) is 0.573. The lowest BCUT2D eigenvalue weighted by Crippen LogP contribution is -2.29. The topological polar surface area (TPSA) is 86.5 Å². The molecule has 0 radical (unpaired) electrons. The van der Waals surface area contributed by atoms with Gasteiger partial charge in [-0.3, -0.25) is 4.79 Å². The number of halogens is 1. The summed E-state index contributed by atoms with van der Waals surface area (Å²) in [6, 6.07) is 6.27. The molecule has 170 valence electrons. The van der Waals surface area contributed by atoms with Crippen LogP contribution >= 0.6 is 0 Å². The van der Waals surface area contributed by atoms with Crippen LogP contribution in [0.3, 0.4) is 0 Å². The normalized spacial score (nSPS) is 28.5. The predicted octanol–water partition coefficient (Wildman–Crippen LogP) is 4.36. The molecule has 2 bridgehead atoms. The summed E-state index contributed by atoms with van der Waals surface area (Å²) in [5.74, 6) is 1.51. The number of ketones is 1. The van der Waals surface area contributed by atoms with E-state index in [-0.39, 0.29) is 34.6 Å². The Balaban J connectivity index is 1.39. The Hall–Kier alpha value is -1.73. The molecular formula is C24H32FNO4S. The largest absolute Gasteiger partial charge is 0.489 e. The van der Waals surface area contributed by atoms with Crippen LogP contribution in [-0.4, -0.2) is 33.1 Å². The van der Waals surface area contributed by atoms with E-state index in [0.29, 0.717) is 35.8 Å². The fraction of sp³-hybridized carbons (Fsp3) is 0.625. The Labute approximate surface area is 184 Å². The molecule has 3 saturated carbocycles. The number of carbonyl (C=O) groups excluding carboxylic acids is 1. The molecule has 0 amide bonds. The number of benzene rings is 1. The molecular weight excluding hydrogens is 417 g/mol. The first-order valence-corrected chi connectivity index (χ1v) is 12.9. The van der Waals surface area contributed by atoms with E-state index in [9.17, 15) is 17.6 Å². The van der Waals surface area contributed by atoms with Crippen molar-refractivity contribution in [3.63, 3.8) is 0 Å². The van der Waals surface area contributed by atoms with Crippen LogP contribution in [-0.2, 0) is 14.6 Å². The summed E-state index contributed by atoms with van der Waals surface area (Å²) in [6.07, 6.45) is 8.73. The van der Waals surface area contributed by atoms with Gasteiger partial charge in [0.05, 0.1) is 17.0 Å². The van der Waals surface area contributed by atoms with Crippen molar-refractivity contribution in [3.8, 4) is 5.75 Å². The summed E-state index contributed by atoms with van der Waals surface area (Å²) in [5.41, 5.74) is 5.19. The number of hydrogen-bond donors (Lipinski definition) is 1. The Morgan fingerprint density at radius 2 is 1.84 bits per heavy atom. The minimum absolute atomic E-state index is 0.0270. The van der Waals surface area contributed by atoms with E-state index in [0.717, 1.165) is 32.1 Å². The molecule has 3 aliphatic rings. The lowest BCUT2D eigenvalue weighted by atomic mass is 9.73. The minimum Gasteiger partial charge on any atom is -0.489 e. The van der Waals surface area contributed by atoms with Gasteiger partial charge < -0.3 is 10.5 Å². The van der Waals surface area contributed by atoms with Crippen LogP contribution in [0, 0.1) is 16.7 Å². The van der Waals surface area contributed by atoms with Gasteiger partial charge in [0.25, 0.3) is 0 Å². The molecule has 3 fully saturated rings. The second kappa shape index (κ2) is 8.66. The lowest BCUT2D eigenvalue weighted by Gasteiger charge is -2.31. The number of nitrogens with two attached hydrogens (primary N) is 1. The number of Topliss-reactive ketones (excluding diaryl/α,β-unsaturated/α-hetero) is 1. The molecule has 2 N–H and O–H groups in total. The Kier molecular flexibility index (Phi) is 6.28. The van der Waals surface area contributed by atoms with Crippen LogP contribution in [0.15, 0.2) is 41.1 Å². The average Bonchev–Trinajstić information content (AvgIpc) is 3.28. The van der Waals surface area contributed by atoms with Gasteiger partial charge in [-0.05, 0) is 67.7 Å². The SMILES string of the molecule is NC/C(=C\F)COc1ccc(S(=O)(=O)CC23CCC(C(=O)CC4CCC4)(CC2)C3)cc1. The van der Waals surface area contributed by atoms with Crippen LogP contribution in [0.1, 0.15) is 57.8 Å². The zero-order valence-electron chi connectivity index (χ0n) is 17.9. The summed E-state index contributed by atoms with van der Waals surface area (Å²) in [4.78, 5) is 13.3. The minimum atomic E-state index is -3.47. The molecule has 0 saturated heterocycles. The number of carbonyl (C=O) groups is 1. The molecule has 0 unspecified atom stereocenters.